The van der Waals surface area contributed by atoms with Gasteiger partial charge in [0.2, 0.25) is 5.88 Å². The molecule has 43 heavy (non-hydrogen) atoms. The fraction of sp³-hybridized carbons (Fsp3) is 0.438. The Bertz CT molecular complexity index is 1690. The molecule has 3 aromatic heterocycles. The highest BCUT2D eigenvalue weighted by molar-refractivity contribution is 6.01. The largest absolute Gasteiger partial charge is 0.489 e. The Morgan fingerprint density at radius 3 is 2.51 bits per heavy atom. The molecule has 0 atom stereocenters. The fourth-order valence-electron chi connectivity index (χ4n) is 6.50. The number of primary amides is 1. The van der Waals surface area contributed by atoms with Gasteiger partial charge in [-0.1, -0.05) is 18.2 Å². The van der Waals surface area contributed by atoms with E-state index in [0.717, 1.165) is 55.4 Å². The van der Waals surface area contributed by atoms with E-state index in [2.05, 4.69) is 15.5 Å². The predicted molar refractivity (Wildman–Crippen MR) is 158 cm³/mol. The Morgan fingerprint density at radius 1 is 1.09 bits per heavy atom. The lowest BCUT2D eigenvalue weighted by Gasteiger charge is -2.57. The van der Waals surface area contributed by atoms with Gasteiger partial charge in [0.25, 0.3) is 11.8 Å². The lowest BCUT2D eigenvalue weighted by molar-refractivity contribution is -0.0848. The molecule has 224 valence electrons. The van der Waals surface area contributed by atoms with Crippen molar-refractivity contribution < 1.29 is 24.2 Å². The molecule has 0 saturated heterocycles. The molecule has 0 radical (unpaired) electrons. The number of fused-ring (bicyclic) bond motifs is 1. The van der Waals surface area contributed by atoms with E-state index >= 15 is 0 Å². The normalized spacial score (nSPS) is 23.0. The Hall–Kier alpha value is -4.38. The number of aliphatic hydroxyl groups is 1. The molecule has 0 unspecified atom stereocenters. The monoisotopic (exact) mass is 584 g/mol. The first kappa shape index (κ1) is 27.5. The van der Waals surface area contributed by atoms with Crippen LogP contribution in [0, 0.1) is 5.41 Å². The molecule has 1 aromatic carbocycles. The van der Waals surface area contributed by atoms with Gasteiger partial charge in [0.15, 0.2) is 0 Å². The number of hydrogen-bond donors (Lipinski definition) is 3. The lowest BCUT2D eigenvalue weighted by atomic mass is 9.53. The molecule has 4 N–H and O–H groups in total. The summed E-state index contributed by atoms with van der Waals surface area (Å²) < 4.78 is 15.5. The summed E-state index contributed by atoms with van der Waals surface area (Å²) in [6.45, 7) is 3.59. The summed E-state index contributed by atoms with van der Waals surface area (Å²) in [5.74, 6) is 0.582. The molecule has 1 spiro atoms. The molecule has 3 fully saturated rings. The summed E-state index contributed by atoms with van der Waals surface area (Å²) in [6, 6.07) is 13.3. The Kier molecular flexibility index (Phi) is 6.46. The molecule has 11 heteroatoms. The van der Waals surface area contributed by atoms with Gasteiger partial charge < -0.3 is 25.6 Å². The highest BCUT2D eigenvalue weighted by Crippen LogP contribution is 2.57. The third kappa shape index (κ3) is 5.33. The molecule has 3 aliphatic carbocycles. The zero-order chi connectivity index (χ0) is 29.9. The number of para-hydroxylation sites is 1. The lowest BCUT2D eigenvalue weighted by Crippen LogP contribution is -2.58. The van der Waals surface area contributed by atoms with Crippen molar-refractivity contribution in [1.82, 2.24) is 24.7 Å². The van der Waals surface area contributed by atoms with E-state index in [-0.39, 0.29) is 41.5 Å². The molecule has 2 amide bonds. The second-order valence-corrected chi connectivity index (χ2v) is 13.0. The molecule has 3 saturated carbocycles. The number of nitrogens with zero attached hydrogens (tertiary/aromatic N) is 4. The van der Waals surface area contributed by atoms with Crippen LogP contribution in [-0.4, -0.2) is 60.7 Å². The van der Waals surface area contributed by atoms with Crippen molar-refractivity contribution in [3.63, 3.8) is 0 Å². The van der Waals surface area contributed by atoms with Crippen LogP contribution in [-0.2, 0) is 0 Å². The third-order valence-corrected chi connectivity index (χ3v) is 8.73. The van der Waals surface area contributed by atoms with Crippen molar-refractivity contribution >= 4 is 17.3 Å². The number of hydrogen-bond acceptors (Lipinski definition) is 7. The van der Waals surface area contributed by atoms with Crippen molar-refractivity contribution in [2.75, 3.05) is 6.61 Å². The molecular formula is C32H36N6O5. The van der Waals surface area contributed by atoms with Crippen LogP contribution in [0.25, 0.3) is 11.2 Å². The first-order valence-electron chi connectivity index (χ1n) is 14.9. The molecule has 7 rings (SSSR count). The number of nitrogens with one attached hydrogen (secondary N) is 1. The van der Waals surface area contributed by atoms with E-state index in [9.17, 15) is 14.7 Å². The van der Waals surface area contributed by atoms with Gasteiger partial charge in [0, 0.05) is 18.2 Å². The van der Waals surface area contributed by atoms with Gasteiger partial charge >= 0.3 is 0 Å². The van der Waals surface area contributed by atoms with Crippen molar-refractivity contribution in [3.05, 3.63) is 71.7 Å². The van der Waals surface area contributed by atoms with Crippen molar-refractivity contribution in [2.24, 2.45) is 11.1 Å². The maximum atomic E-state index is 13.3. The van der Waals surface area contributed by atoms with Gasteiger partial charge in [0.05, 0.1) is 34.3 Å². The van der Waals surface area contributed by atoms with Crippen LogP contribution in [0.15, 0.2) is 54.9 Å². The van der Waals surface area contributed by atoms with Crippen LogP contribution in [0.1, 0.15) is 84.7 Å². The van der Waals surface area contributed by atoms with E-state index in [0.29, 0.717) is 17.2 Å². The van der Waals surface area contributed by atoms with E-state index in [4.69, 9.17) is 15.2 Å². The number of carbonyl (C=O) groups excluding carboxylic acids is 2. The fourth-order valence-corrected chi connectivity index (χ4v) is 6.50. The van der Waals surface area contributed by atoms with Gasteiger partial charge in [-0.15, -0.1) is 5.10 Å². The van der Waals surface area contributed by atoms with Crippen LogP contribution in [0.3, 0.4) is 0 Å². The van der Waals surface area contributed by atoms with E-state index in [1.165, 1.54) is 0 Å². The van der Waals surface area contributed by atoms with E-state index in [1.807, 2.05) is 47.0 Å². The summed E-state index contributed by atoms with van der Waals surface area (Å²) in [4.78, 5) is 25.3. The maximum Gasteiger partial charge on any atom is 0.255 e. The third-order valence-electron chi connectivity index (χ3n) is 8.73. The van der Waals surface area contributed by atoms with Crippen LogP contribution in [0.5, 0.6) is 11.6 Å². The van der Waals surface area contributed by atoms with Gasteiger partial charge in [-0.3, -0.25) is 9.59 Å². The molecule has 3 heterocycles. The highest BCUT2D eigenvalue weighted by atomic mass is 16.5. The van der Waals surface area contributed by atoms with E-state index in [1.54, 1.807) is 30.9 Å². The number of aromatic nitrogens is 4. The van der Waals surface area contributed by atoms with Crippen LogP contribution in [0.2, 0.25) is 0 Å². The number of pyridine rings is 1. The molecule has 4 aromatic rings. The number of carbonyl (C=O) groups is 2. The Balaban J connectivity index is 0.966. The first-order valence-corrected chi connectivity index (χ1v) is 14.9. The maximum absolute atomic E-state index is 13.3. The van der Waals surface area contributed by atoms with Crippen molar-refractivity contribution in [3.8, 4) is 17.3 Å². The minimum Gasteiger partial charge on any atom is -0.489 e. The topological polar surface area (TPSA) is 146 Å². The zero-order valence-corrected chi connectivity index (χ0v) is 24.3. The molecule has 11 nitrogen and oxygen atoms in total. The summed E-state index contributed by atoms with van der Waals surface area (Å²) in [5.41, 5.74) is 8.11. The highest BCUT2D eigenvalue weighted by Gasteiger charge is 2.54. The predicted octanol–water partition coefficient (Wildman–Crippen LogP) is 3.77. The summed E-state index contributed by atoms with van der Waals surface area (Å²) in [6.07, 6.45) is 8.70. The van der Waals surface area contributed by atoms with E-state index < -0.39 is 11.5 Å². The Morgan fingerprint density at radius 2 is 1.84 bits per heavy atom. The average Bonchev–Trinajstić information content (AvgIpc) is 3.52. The number of amides is 2. The first-order chi connectivity index (χ1) is 20.6. The summed E-state index contributed by atoms with van der Waals surface area (Å²) in [7, 11) is 0. The molecular weight excluding hydrogens is 548 g/mol. The smallest absolute Gasteiger partial charge is 0.255 e. The number of benzene rings is 1. The Labute approximate surface area is 249 Å². The number of nitrogens with two attached hydrogens (primary N) is 1. The second kappa shape index (κ2) is 10.1. The van der Waals surface area contributed by atoms with Gasteiger partial charge in [-0.2, -0.15) is 5.10 Å². The minimum atomic E-state index is -0.949. The quantitative estimate of drug-likeness (QED) is 0.257. The standard InChI is InChI=1S/C32H36N6O5/c1-31(2,41)18-42-26-11-10-25-23(16-34-38(25)27(26)19-8-9-19)29(40)35-20-12-32(13-20)14-22(15-32)43-30-24(28(33)39)17-37(36-30)21-6-4-3-5-7-21/h3-7,10-11,16-17,19-20,22,41H,8-9,12-15,18H2,1-2H3,(H2,33,39)(H,35,40). The molecule has 0 aliphatic heterocycles. The van der Waals surface area contributed by atoms with Crippen LogP contribution < -0.4 is 20.5 Å². The summed E-state index contributed by atoms with van der Waals surface area (Å²) in [5, 5.41) is 22.3. The number of ether oxygens (including phenoxy) is 2. The summed E-state index contributed by atoms with van der Waals surface area (Å²) >= 11 is 0. The van der Waals surface area contributed by atoms with Gasteiger partial charge in [0.1, 0.15) is 24.0 Å². The number of rotatable bonds is 10. The van der Waals surface area contributed by atoms with Crippen molar-refractivity contribution in [2.45, 2.75) is 76.0 Å². The second-order valence-electron chi connectivity index (χ2n) is 13.0. The molecule has 0 bridgehead atoms. The van der Waals surface area contributed by atoms with Crippen LogP contribution in [0.4, 0.5) is 0 Å². The minimum absolute atomic E-state index is 0.0536. The van der Waals surface area contributed by atoms with Crippen molar-refractivity contribution in [1.29, 1.82) is 0 Å². The van der Waals surface area contributed by atoms with Gasteiger partial charge in [-0.05, 0) is 82.1 Å². The van der Waals surface area contributed by atoms with Gasteiger partial charge in [-0.25, -0.2) is 9.20 Å². The SMILES string of the molecule is CC(C)(O)COc1ccc2c(C(=O)NC3CC4(C3)CC(Oc3nn(-c5ccccc5)cc3C(N)=O)C4)cnn2c1C1CC1. The van der Waals surface area contributed by atoms with Crippen LogP contribution >= 0.6 is 0 Å². The molecule has 3 aliphatic rings. The zero-order valence-electron chi connectivity index (χ0n) is 24.3. The average molecular weight is 585 g/mol.